The molecule has 2 aromatic rings. The maximum absolute atomic E-state index is 5.79. The second kappa shape index (κ2) is 10.6. The molecular weight excluding hydrogens is 342 g/mol. The number of oxazole rings is 1. The van der Waals surface area contributed by atoms with E-state index in [2.05, 4.69) is 25.5 Å². The van der Waals surface area contributed by atoms with Crippen LogP contribution in [0.5, 0.6) is 5.75 Å². The molecule has 0 unspecified atom stereocenters. The number of aryl methyl sites for hydroxylation is 2. The molecule has 1 aromatic heterocycles. The summed E-state index contributed by atoms with van der Waals surface area (Å²) >= 11 is 0. The SMILES string of the molecule is CCNC(=NCc1cccc(OCCN(C)C)c1)NCc1nc(C)c(C)o1. The van der Waals surface area contributed by atoms with E-state index in [4.69, 9.17) is 9.15 Å². The fourth-order valence-electron chi connectivity index (χ4n) is 2.37. The molecule has 0 aliphatic carbocycles. The van der Waals surface area contributed by atoms with Crippen LogP contribution >= 0.6 is 0 Å². The molecule has 1 heterocycles. The molecule has 7 heteroatoms. The smallest absolute Gasteiger partial charge is 0.214 e. The van der Waals surface area contributed by atoms with Gasteiger partial charge in [0.1, 0.15) is 18.1 Å². The van der Waals surface area contributed by atoms with Gasteiger partial charge in [-0.1, -0.05) is 12.1 Å². The van der Waals surface area contributed by atoms with E-state index in [-0.39, 0.29) is 0 Å². The molecule has 0 aliphatic rings. The maximum atomic E-state index is 5.79. The molecule has 0 spiro atoms. The summed E-state index contributed by atoms with van der Waals surface area (Å²) in [6, 6.07) is 8.05. The van der Waals surface area contributed by atoms with Crippen LogP contribution in [0.2, 0.25) is 0 Å². The van der Waals surface area contributed by atoms with Crippen LogP contribution in [0.4, 0.5) is 0 Å². The van der Waals surface area contributed by atoms with Crippen molar-refractivity contribution in [2.24, 2.45) is 4.99 Å². The summed E-state index contributed by atoms with van der Waals surface area (Å²) < 4.78 is 11.4. The van der Waals surface area contributed by atoms with Crippen molar-refractivity contribution < 1.29 is 9.15 Å². The summed E-state index contributed by atoms with van der Waals surface area (Å²) in [7, 11) is 4.06. The highest BCUT2D eigenvalue weighted by atomic mass is 16.5. The largest absolute Gasteiger partial charge is 0.492 e. The van der Waals surface area contributed by atoms with E-state index in [9.17, 15) is 0 Å². The van der Waals surface area contributed by atoms with Crippen LogP contribution in [0.25, 0.3) is 0 Å². The molecule has 0 radical (unpaired) electrons. The topological polar surface area (TPSA) is 74.9 Å². The van der Waals surface area contributed by atoms with Crippen LogP contribution in [0, 0.1) is 13.8 Å². The van der Waals surface area contributed by atoms with Crippen LogP contribution in [-0.2, 0) is 13.1 Å². The Morgan fingerprint density at radius 2 is 2.07 bits per heavy atom. The average Bonchev–Trinajstić information content (AvgIpc) is 2.95. The third-order valence-corrected chi connectivity index (χ3v) is 3.95. The van der Waals surface area contributed by atoms with Gasteiger partial charge in [0.25, 0.3) is 0 Å². The van der Waals surface area contributed by atoms with Gasteiger partial charge in [0.15, 0.2) is 5.96 Å². The number of hydrogen-bond donors (Lipinski definition) is 2. The molecule has 0 fully saturated rings. The highest BCUT2D eigenvalue weighted by molar-refractivity contribution is 5.79. The van der Waals surface area contributed by atoms with Crippen LogP contribution < -0.4 is 15.4 Å². The molecule has 0 saturated carbocycles. The number of hydrogen-bond acceptors (Lipinski definition) is 5. The molecule has 0 aliphatic heterocycles. The zero-order chi connectivity index (χ0) is 19.6. The van der Waals surface area contributed by atoms with Gasteiger partial charge in [0.2, 0.25) is 5.89 Å². The van der Waals surface area contributed by atoms with E-state index in [1.807, 2.05) is 59.1 Å². The Labute approximate surface area is 161 Å². The number of aliphatic imine (C=N–C) groups is 1. The van der Waals surface area contributed by atoms with Crippen molar-refractivity contribution in [1.82, 2.24) is 20.5 Å². The highest BCUT2D eigenvalue weighted by Gasteiger charge is 2.06. The number of aromatic nitrogens is 1. The molecule has 2 rings (SSSR count). The maximum Gasteiger partial charge on any atom is 0.214 e. The van der Waals surface area contributed by atoms with Crippen molar-refractivity contribution in [1.29, 1.82) is 0 Å². The number of nitrogens with one attached hydrogen (secondary N) is 2. The Hall–Kier alpha value is -2.54. The lowest BCUT2D eigenvalue weighted by Gasteiger charge is -2.12. The molecule has 0 atom stereocenters. The van der Waals surface area contributed by atoms with E-state index in [0.717, 1.165) is 41.8 Å². The molecule has 2 N–H and O–H groups in total. The number of benzene rings is 1. The van der Waals surface area contributed by atoms with Gasteiger partial charge in [-0.05, 0) is 52.6 Å². The molecule has 1 aromatic carbocycles. The molecular formula is C20H31N5O2. The highest BCUT2D eigenvalue weighted by Crippen LogP contribution is 2.14. The van der Waals surface area contributed by atoms with Crippen molar-refractivity contribution in [2.75, 3.05) is 33.8 Å². The summed E-state index contributed by atoms with van der Waals surface area (Å²) in [5, 5.41) is 6.49. The Morgan fingerprint density at radius 1 is 1.26 bits per heavy atom. The first kappa shape index (κ1) is 20.8. The van der Waals surface area contributed by atoms with Gasteiger partial charge in [-0.15, -0.1) is 0 Å². The normalized spacial score (nSPS) is 11.7. The third-order valence-electron chi connectivity index (χ3n) is 3.95. The summed E-state index contributed by atoms with van der Waals surface area (Å²) in [4.78, 5) is 11.1. The molecule has 27 heavy (non-hydrogen) atoms. The predicted octanol–water partition coefficient (Wildman–Crippen LogP) is 2.49. The first-order chi connectivity index (χ1) is 13.0. The van der Waals surface area contributed by atoms with Gasteiger partial charge in [-0.3, -0.25) is 0 Å². The molecule has 148 valence electrons. The summed E-state index contributed by atoms with van der Waals surface area (Å²) in [5.41, 5.74) is 2.01. The fraction of sp³-hybridized carbons (Fsp3) is 0.500. The zero-order valence-corrected chi connectivity index (χ0v) is 17.0. The number of ether oxygens (including phenoxy) is 1. The molecule has 7 nitrogen and oxygen atoms in total. The minimum Gasteiger partial charge on any atom is -0.492 e. The Kier molecular flexibility index (Phi) is 8.13. The standard InChI is InChI=1S/C20H31N5O2/c1-6-21-20(23-14-19-24-15(2)16(3)27-19)22-13-17-8-7-9-18(12-17)26-11-10-25(4)5/h7-9,12H,6,10-11,13-14H2,1-5H3,(H2,21,22,23). The van der Waals surface area contributed by atoms with Crippen molar-refractivity contribution in [3.63, 3.8) is 0 Å². The van der Waals surface area contributed by atoms with Crippen molar-refractivity contribution in [3.8, 4) is 5.75 Å². The van der Waals surface area contributed by atoms with Crippen LogP contribution in [-0.4, -0.2) is 49.6 Å². The number of rotatable bonds is 9. The lowest BCUT2D eigenvalue weighted by Crippen LogP contribution is -2.36. The summed E-state index contributed by atoms with van der Waals surface area (Å²) in [6.07, 6.45) is 0. The van der Waals surface area contributed by atoms with Crippen molar-refractivity contribution in [2.45, 2.75) is 33.9 Å². The number of likely N-dealkylation sites (N-methyl/N-ethyl adjacent to an activating group) is 1. The van der Waals surface area contributed by atoms with Gasteiger partial charge in [-0.25, -0.2) is 9.98 Å². The van der Waals surface area contributed by atoms with Crippen LogP contribution in [0.1, 0.15) is 29.8 Å². The zero-order valence-electron chi connectivity index (χ0n) is 17.0. The van der Waals surface area contributed by atoms with E-state index in [0.29, 0.717) is 25.6 Å². The number of nitrogens with zero attached hydrogens (tertiary/aromatic N) is 3. The van der Waals surface area contributed by atoms with Crippen LogP contribution in [0.3, 0.4) is 0 Å². The van der Waals surface area contributed by atoms with E-state index in [1.165, 1.54) is 0 Å². The van der Waals surface area contributed by atoms with E-state index >= 15 is 0 Å². The fourth-order valence-corrected chi connectivity index (χ4v) is 2.37. The average molecular weight is 374 g/mol. The quantitative estimate of drug-likeness (QED) is 0.520. The summed E-state index contributed by atoms with van der Waals surface area (Å²) in [5.74, 6) is 3.10. The van der Waals surface area contributed by atoms with Gasteiger partial charge in [0.05, 0.1) is 18.8 Å². The van der Waals surface area contributed by atoms with Gasteiger partial charge >= 0.3 is 0 Å². The monoisotopic (exact) mass is 373 g/mol. The lowest BCUT2D eigenvalue weighted by molar-refractivity contribution is 0.261. The second-order valence-corrected chi connectivity index (χ2v) is 6.60. The van der Waals surface area contributed by atoms with Crippen LogP contribution in [0.15, 0.2) is 33.7 Å². The number of guanidine groups is 1. The second-order valence-electron chi connectivity index (χ2n) is 6.60. The summed E-state index contributed by atoms with van der Waals surface area (Å²) in [6.45, 7) is 9.28. The Bertz CT molecular complexity index is 720. The van der Waals surface area contributed by atoms with Gasteiger partial charge in [-0.2, -0.15) is 0 Å². The van der Waals surface area contributed by atoms with E-state index in [1.54, 1.807) is 0 Å². The van der Waals surface area contributed by atoms with Crippen molar-refractivity contribution >= 4 is 5.96 Å². The Balaban J connectivity index is 1.93. The van der Waals surface area contributed by atoms with Gasteiger partial charge < -0.3 is 24.7 Å². The van der Waals surface area contributed by atoms with E-state index < -0.39 is 0 Å². The Morgan fingerprint density at radius 3 is 2.74 bits per heavy atom. The first-order valence-electron chi connectivity index (χ1n) is 9.29. The minimum absolute atomic E-state index is 0.494. The van der Waals surface area contributed by atoms with Gasteiger partial charge in [0, 0.05) is 13.1 Å². The lowest BCUT2D eigenvalue weighted by atomic mass is 10.2. The third kappa shape index (κ3) is 7.30. The molecule has 0 amide bonds. The molecule has 0 bridgehead atoms. The molecule has 0 saturated heterocycles. The predicted molar refractivity (Wildman–Crippen MR) is 108 cm³/mol. The minimum atomic E-state index is 0.494. The first-order valence-corrected chi connectivity index (χ1v) is 9.29. The van der Waals surface area contributed by atoms with Crippen molar-refractivity contribution in [3.05, 3.63) is 47.2 Å².